The molecular weight excluding hydrogens is 767 g/mol. The lowest BCUT2D eigenvalue weighted by Crippen LogP contribution is -2.64. The number of aliphatic hydroxyl groups is 5. The summed E-state index contributed by atoms with van der Waals surface area (Å²) in [6, 6.07) is 0. The average molecular weight is 851 g/mol. The number of ether oxygens (including phenoxy) is 2. The zero-order valence-electron chi connectivity index (χ0n) is 36.1. The van der Waals surface area contributed by atoms with Crippen molar-refractivity contribution >= 4 is 19.8 Å². The first-order chi connectivity index (χ1) is 27.9. The van der Waals surface area contributed by atoms with Gasteiger partial charge in [0.2, 0.25) is 0 Å². The van der Waals surface area contributed by atoms with E-state index in [1.165, 1.54) is 103 Å². The van der Waals surface area contributed by atoms with Crippen LogP contribution in [-0.4, -0.2) is 98.3 Å². The molecule has 1 rings (SSSR count). The third kappa shape index (κ3) is 27.4. The molecule has 342 valence electrons. The van der Waals surface area contributed by atoms with Gasteiger partial charge in [0.1, 0.15) is 43.2 Å². The van der Waals surface area contributed by atoms with Gasteiger partial charge >= 0.3 is 19.8 Å². The van der Waals surface area contributed by atoms with Crippen LogP contribution >= 0.6 is 7.82 Å². The van der Waals surface area contributed by atoms with Crippen molar-refractivity contribution in [3.63, 3.8) is 0 Å². The summed E-state index contributed by atoms with van der Waals surface area (Å²) in [5.41, 5.74) is 0. The highest BCUT2D eigenvalue weighted by atomic mass is 31.2. The van der Waals surface area contributed by atoms with Crippen LogP contribution in [0.4, 0.5) is 0 Å². The molecule has 0 spiro atoms. The molecule has 13 nitrogen and oxygen atoms in total. The lowest BCUT2D eigenvalue weighted by molar-refractivity contribution is -0.220. The maximum absolute atomic E-state index is 12.8. The van der Waals surface area contributed by atoms with E-state index in [-0.39, 0.29) is 12.8 Å². The second-order valence-corrected chi connectivity index (χ2v) is 17.7. The minimum absolute atomic E-state index is 0.101. The van der Waals surface area contributed by atoms with Crippen LogP contribution in [0.3, 0.4) is 0 Å². The Balaban J connectivity index is 2.43. The number of phosphoric ester groups is 1. The second-order valence-electron chi connectivity index (χ2n) is 16.3. The van der Waals surface area contributed by atoms with E-state index in [0.29, 0.717) is 12.8 Å². The molecule has 0 aromatic rings. The largest absolute Gasteiger partial charge is 0.472 e. The highest BCUT2D eigenvalue weighted by Gasteiger charge is 2.51. The number of aliphatic hydroxyl groups excluding tert-OH is 5. The van der Waals surface area contributed by atoms with Crippen LogP contribution in [0.25, 0.3) is 0 Å². The SMILES string of the molecule is CCCC/C=C/CCCCCCCC(=O)OC[C@H](COP(=O)(O)OC1C(O)C(O)C(O)[C@H](O)C1O)OC(=O)CCCCCCCCCCCCCCCCCCCC. The summed E-state index contributed by atoms with van der Waals surface area (Å²) in [5.74, 6) is -1.10. The first-order valence-corrected chi connectivity index (χ1v) is 24.5. The molecule has 1 aliphatic rings. The molecule has 58 heavy (non-hydrogen) atoms. The molecule has 1 saturated carbocycles. The number of rotatable bonds is 38. The molecule has 1 aliphatic carbocycles. The Labute approximate surface area is 350 Å². The normalized spacial score (nSPS) is 22.6. The molecule has 0 heterocycles. The van der Waals surface area contributed by atoms with Gasteiger partial charge in [-0.25, -0.2) is 4.57 Å². The molecular formula is C44H83O13P. The Morgan fingerprint density at radius 2 is 0.897 bits per heavy atom. The molecule has 0 aromatic heterocycles. The minimum Gasteiger partial charge on any atom is -0.462 e. The van der Waals surface area contributed by atoms with Crippen LogP contribution in [-0.2, 0) is 32.7 Å². The van der Waals surface area contributed by atoms with E-state index in [1.54, 1.807) is 0 Å². The smallest absolute Gasteiger partial charge is 0.462 e. The zero-order chi connectivity index (χ0) is 42.9. The van der Waals surface area contributed by atoms with E-state index in [2.05, 4.69) is 26.0 Å². The summed E-state index contributed by atoms with van der Waals surface area (Å²) >= 11 is 0. The minimum atomic E-state index is -5.11. The van der Waals surface area contributed by atoms with E-state index in [4.69, 9.17) is 18.5 Å². The van der Waals surface area contributed by atoms with Gasteiger partial charge in [-0.05, 0) is 32.1 Å². The molecule has 0 bridgehead atoms. The summed E-state index contributed by atoms with van der Waals surface area (Å²) in [7, 11) is -5.11. The molecule has 1 fully saturated rings. The molecule has 6 unspecified atom stereocenters. The number of allylic oxidation sites excluding steroid dienone is 2. The van der Waals surface area contributed by atoms with Gasteiger partial charge in [0.05, 0.1) is 6.61 Å². The van der Waals surface area contributed by atoms with E-state index in [9.17, 15) is 44.6 Å². The first-order valence-electron chi connectivity index (χ1n) is 23.0. The number of phosphoric acid groups is 1. The fourth-order valence-corrected chi connectivity index (χ4v) is 8.07. The Morgan fingerprint density at radius 3 is 1.36 bits per heavy atom. The van der Waals surface area contributed by atoms with Gasteiger partial charge in [0, 0.05) is 12.8 Å². The summed E-state index contributed by atoms with van der Waals surface area (Å²) in [6.45, 7) is 3.26. The summed E-state index contributed by atoms with van der Waals surface area (Å²) in [4.78, 5) is 35.6. The van der Waals surface area contributed by atoms with Crippen LogP contribution < -0.4 is 0 Å². The third-order valence-corrected chi connectivity index (χ3v) is 11.8. The van der Waals surface area contributed by atoms with E-state index in [0.717, 1.165) is 57.8 Å². The Kier molecular flexibility index (Phi) is 33.2. The van der Waals surface area contributed by atoms with Crippen LogP contribution in [0.1, 0.15) is 200 Å². The third-order valence-electron chi connectivity index (χ3n) is 10.9. The molecule has 0 saturated heterocycles. The Hall–Kier alpha value is -1.41. The van der Waals surface area contributed by atoms with Gasteiger partial charge < -0.3 is 39.9 Å². The highest BCUT2D eigenvalue weighted by Crippen LogP contribution is 2.47. The van der Waals surface area contributed by atoms with Gasteiger partial charge in [-0.15, -0.1) is 0 Å². The van der Waals surface area contributed by atoms with Crippen molar-refractivity contribution in [3.8, 4) is 0 Å². The number of carbonyl (C=O) groups excluding carboxylic acids is 2. The highest BCUT2D eigenvalue weighted by molar-refractivity contribution is 7.47. The van der Waals surface area contributed by atoms with Crippen molar-refractivity contribution in [2.24, 2.45) is 0 Å². The van der Waals surface area contributed by atoms with Crippen molar-refractivity contribution in [1.29, 1.82) is 0 Å². The average Bonchev–Trinajstić information content (AvgIpc) is 3.20. The molecule has 0 radical (unpaired) electrons. The summed E-state index contributed by atoms with van der Waals surface area (Å²) in [5, 5.41) is 50.1. The second kappa shape index (κ2) is 35.2. The Morgan fingerprint density at radius 1 is 0.517 bits per heavy atom. The number of carbonyl (C=O) groups is 2. The molecule has 0 amide bonds. The van der Waals surface area contributed by atoms with Gasteiger partial charge in [-0.1, -0.05) is 167 Å². The predicted octanol–water partition coefficient (Wildman–Crippen LogP) is 8.67. The quantitative estimate of drug-likeness (QED) is 0.0149. The standard InChI is InChI=1S/C44H83O13P/c1-3-5-7-9-11-13-15-16-17-18-19-20-21-23-25-27-29-31-33-38(46)56-36(34-54-37(45)32-30-28-26-24-22-14-12-10-8-6-4-2)35-55-58(52,53)57-44-42(50)40(48)39(47)41(49)43(44)51/h10,12,36,39-44,47-51H,3-9,11,13-35H2,1-2H3,(H,52,53)/b12-10+/t36-,39?,40+,41?,42?,43?,44?/m1/s1. The Bertz CT molecular complexity index is 1080. The molecule has 6 N–H and O–H groups in total. The predicted molar refractivity (Wildman–Crippen MR) is 226 cm³/mol. The van der Waals surface area contributed by atoms with Crippen LogP contribution in [0, 0.1) is 0 Å². The van der Waals surface area contributed by atoms with Gasteiger partial charge in [-0.3, -0.25) is 18.6 Å². The number of unbranched alkanes of at least 4 members (excludes halogenated alkanes) is 24. The topological polar surface area (TPSA) is 210 Å². The van der Waals surface area contributed by atoms with E-state index >= 15 is 0 Å². The maximum atomic E-state index is 12.8. The van der Waals surface area contributed by atoms with Gasteiger partial charge in [0.15, 0.2) is 6.10 Å². The van der Waals surface area contributed by atoms with Crippen LogP contribution in [0.15, 0.2) is 12.2 Å². The molecule has 0 aliphatic heterocycles. The number of hydrogen-bond donors (Lipinski definition) is 6. The van der Waals surface area contributed by atoms with Crippen LogP contribution in [0.2, 0.25) is 0 Å². The van der Waals surface area contributed by atoms with E-state index in [1.807, 2.05) is 0 Å². The van der Waals surface area contributed by atoms with Crippen LogP contribution in [0.5, 0.6) is 0 Å². The van der Waals surface area contributed by atoms with Crippen molar-refractivity contribution in [2.45, 2.75) is 243 Å². The van der Waals surface area contributed by atoms with Crippen molar-refractivity contribution in [3.05, 3.63) is 12.2 Å². The van der Waals surface area contributed by atoms with Crippen molar-refractivity contribution in [1.82, 2.24) is 0 Å². The number of esters is 2. The summed E-state index contributed by atoms with van der Waals surface area (Å²) < 4.78 is 33.5. The lowest BCUT2D eigenvalue weighted by atomic mass is 9.85. The van der Waals surface area contributed by atoms with Crippen molar-refractivity contribution in [2.75, 3.05) is 13.2 Å². The lowest BCUT2D eigenvalue weighted by Gasteiger charge is -2.41. The fraction of sp³-hybridized carbons (Fsp3) is 0.909. The zero-order valence-corrected chi connectivity index (χ0v) is 37.0. The first kappa shape index (κ1) is 54.6. The van der Waals surface area contributed by atoms with Gasteiger partial charge in [-0.2, -0.15) is 0 Å². The van der Waals surface area contributed by atoms with Gasteiger partial charge in [0.25, 0.3) is 0 Å². The summed E-state index contributed by atoms with van der Waals surface area (Å²) in [6.07, 6.45) is 22.8. The van der Waals surface area contributed by atoms with E-state index < -0.39 is 75.7 Å². The fourth-order valence-electron chi connectivity index (χ4n) is 7.09. The maximum Gasteiger partial charge on any atom is 0.472 e. The molecule has 14 heteroatoms. The van der Waals surface area contributed by atoms with Crippen molar-refractivity contribution < 1.29 is 63.1 Å². The monoisotopic (exact) mass is 851 g/mol. The molecule has 8 atom stereocenters. The molecule has 0 aromatic carbocycles. The number of hydrogen-bond acceptors (Lipinski definition) is 12.